The Morgan fingerprint density at radius 1 is 1.11 bits per heavy atom. The van der Waals surface area contributed by atoms with Gasteiger partial charge < -0.3 is 15.6 Å². The predicted molar refractivity (Wildman–Crippen MR) is 146 cm³/mol. The molecular weight excluding hydrogens is 444 g/mol. The van der Waals surface area contributed by atoms with E-state index in [1.807, 2.05) is 12.4 Å². The Bertz CT molecular complexity index is 1260. The van der Waals surface area contributed by atoms with Gasteiger partial charge in [0.2, 0.25) is 0 Å². The van der Waals surface area contributed by atoms with Crippen molar-refractivity contribution in [3.8, 4) is 6.07 Å². The minimum atomic E-state index is 0.160. The van der Waals surface area contributed by atoms with Crippen LogP contribution in [0, 0.1) is 36.0 Å². The first-order chi connectivity index (χ1) is 17.6. The lowest BCUT2D eigenvalue weighted by molar-refractivity contribution is -0.128. The third-order valence-electron chi connectivity index (χ3n) is 8.74. The topological polar surface area (TPSA) is 80.7 Å². The zero-order chi connectivity index (χ0) is 25.1. The Labute approximate surface area is 214 Å². The van der Waals surface area contributed by atoms with Crippen molar-refractivity contribution in [1.29, 1.82) is 5.26 Å². The molecule has 0 saturated heterocycles. The minimum absolute atomic E-state index is 0.160. The zero-order valence-corrected chi connectivity index (χ0v) is 21.6. The van der Waals surface area contributed by atoms with E-state index in [9.17, 15) is 10.1 Å². The van der Waals surface area contributed by atoms with E-state index < -0.39 is 0 Å². The van der Waals surface area contributed by atoms with Crippen LogP contribution < -0.4 is 10.6 Å². The van der Waals surface area contributed by atoms with E-state index in [-0.39, 0.29) is 11.8 Å². The van der Waals surface area contributed by atoms with Gasteiger partial charge in [0.15, 0.2) is 0 Å². The second-order valence-corrected chi connectivity index (χ2v) is 10.8. The maximum absolute atomic E-state index is 13.4. The summed E-state index contributed by atoms with van der Waals surface area (Å²) in [6.07, 6.45) is 15.8. The Balaban J connectivity index is 1.32. The van der Waals surface area contributed by atoms with Crippen LogP contribution in [0.5, 0.6) is 0 Å². The normalized spacial score (nSPS) is 24.9. The number of dihydropyridines is 1. The highest BCUT2D eigenvalue weighted by molar-refractivity contribution is 5.88. The van der Waals surface area contributed by atoms with E-state index in [1.165, 1.54) is 30.2 Å². The van der Waals surface area contributed by atoms with Gasteiger partial charge in [0.05, 0.1) is 23.9 Å². The Morgan fingerprint density at radius 3 is 2.69 bits per heavy atom. The molecule has 1 unspecified atom stereocenters. The van der Waals surface area contributed by atoms with E-state index >= 15 is 0 Å². The molecule has 5 heteroatoms. The maximum Gasteiger partial charge on any atom is 0.139 e. The van der Waals surface area contributed by atoms with Gasteiger partial charge in [-0.05, 0) is 93.5 Å². The molecular formula is C31H38N4O. The number of Topliss-reactive ketones (excluding diaryl/α,β-unsaturated/α-hetero) is 1. The van der Waals surface area contributed by atoms with Crippen LogP contribution in [0.15, 0.2) is 59.1 Å². The zero-order valence-electron chi connectivity index (χ0n) is 21.6. The molecule has 0 radical (unpaired) electrons. The summed E-state index contributed by atoms with van der Waals surface area (Å²) in [5.74, 6) is 1.75. The highest BCUT2D eigenvalue weighted by Crippen LogP contribution is 2.38. The van der Waals surface area contributed by atoms with Gasteiger partial charge in [-0.2, -0.15) is 5.26 Å². The van der Waals surface area contributed by atoms with Gasteiger partial charge in [-0.3, -0.25) is 4.79 Å². The number of hydrogen-bond donors (Lipinski definition) is 3. The summed E-state index contributed by atoms with van der Waals surface area (Å²) >= 11 is 0. The number of H-pyrrole nitrogens is 1. The number of ketones is 1. The third-order valence-corrected chi connectivity index (χ3v) is 8.74. The van der Waals surface area contributed by atoms with Gasteiger partial charge in [0.25, 0.3) is 0 Å². The van der Waals surface area contributed by atoms with E-state index in [2.05, 4.69) is 59.8 Å². The summed E-state index contributed by atoms with van der Waals surface area (Å²) in [5.41, 5.74) is 7.19. The van der Waals surface area contributed by atoms with Crippen molar-refractivity contribution < 1.29 is 4.79 Å². The predicted octanol–water partition coefficient (Wildman–Crippen LogP) is 7.06. The summed E-state index contributed by atoms with van der Waals surface area (Å²) in [6.45, 7) is 4.91. The first-order valence-corrected chi connectivity index (χ1v) is 13.7. The van der Waals surface area contributed by atoms with Crippen LogP contribution in [0.1, 0.15) is 70.3 Å². The number of carbonyl (C=O) groups excluding carboxylic acids is 1. The number of nitrogens with zero attached hydrogens (tertiary/aromatic N) is 1. The van der Waals surface area contributed by atoms with Crippen molar-refractivity contribution in [1.82, 2.24) is 10.3 Å². The molecule has 2 aromatic rings. The molecule has 1 aromatic carbocycles. The van der Waals surface area contributed by atoms with Crippen LogP contribution in [0.25, 0.3) is 10.9 Å². The number of rotatable bonds is 6. The summed E-state index contributed by atoms with van der Waals surface area (Å²) in [7, 11) is 0. The van der Waals surface area contributed by atoms with E-state index in [4.69, 9.17) is 0 Å². The second-order valence-electron chi connectivity index (χ2n) is 10.8. The standard InChI is InChI=1S/C31H38N4O/c1-3-21-7-9-24(10-8-21)31(36)23-6-4-5-22(11-12-23)27-19-33-18-25(17-32)30(27)35-28-13-14-29-26(20(28)2)15-16-34-29/h5,13-16,19,21,23-24,33-35H,3-4,6-12,18H2,1-2H3. The summed E-state index contributed by atoms with van der Waals surface area (Å²) in [6, 6.07) is 8.67. The van der Waals surface area contributed by atoms with E-state index in [1.54, 1.807) is 0 Å². The van der Waals surface area contributed by atoms with Gasteiger partial charge in [0, 0.05) is 46.4 Å². The molecule has 1 aromatic heterocycles. The largest absolute Gasteiger partial charge is 0.385 e. The van der Waals surface area contributed by atoms with Gasteiger partial charge in [-0.1, -0.05) is 19.4 Å². The summed E-state index contributed by atoms with van der Waals surface area (Å²) < 4.78 is 0. The first-order valence-electron chi connectivity index (χ1n) is 13.7. The van der Waals surface area contributed by atoms with Crippen LogP contribution in [0.3, 0.4) is 0 Å². The fourth-order valence-electron chi connectivity index (χ4n) is 6.38. The minimum Gasteiger partial charge on any atom is -0.385 e. The lowest BCUT2D eigenvalue weighted by atomic mass is 9.75. The smallest absolute Gasteiger partial charge is 0.139 e. The Morgan fingerprint density at radius 2 is 1.92 bits per heavy atom. The summed E-state index contributed by atoms with van der Waals surface area (Å²) in [4.78, 5) is 16.7. The first kappa shape index (κ1) is 24.4. The van der Waals surface area contributed by atoms with Crippen LogP contribution in [-0.4, -0.2) is 17.3 Å². The number of aromatic amines is 1. The molecule has 0 bridgehead atoms. The number of allylic oxidation sites excluding steroid dienone is 2. The second kappa shape index (κ2) is 10.8. The average molecular weight is 483 g/mol. The molecule has 2 aliphatic carbocycles. The molecule has 3 N–H and O–H groups in total. The van der Waals surface area contributed by atoms with Crippen LogP contribution in [0.4, 0.5) is 5.69 Å². The molecule has 3 aliphatic rings. The molecule has 1 atom stereocenters. The third kappa shape index (κ3) is 4.87. The van der Waals surface area contributed by atoms with Crippen molar-refractivity contribution in [2.45, 2.75) is 71.6 Å². The van der Waals surface area contributed by atoms with Crippen LogP contribution in [-0.2, 0) is 4.79 Å². The number of nitriles is 1. The molecule has 2 heterocycles. The number of hydrogen-bond acceptors (Lipinski definition) is 4. The number of nitrogens with one attached hydrogen (secondary N) is 3. The van der Waals surface area contributed by atoms with Crippen LogP contribution >= 0.6 is 0 Å². The monoisotopic (exact) mass is 482 g/mol. The molecule has 0 amide bonds. The number of aromatic nitrogens is 1. The van der Waals surface area contributed by atoms with Crippen molar-refractivity contribution in [3.63, 3.8) is 0 Å². The number of anilines is 1. The van der Waals surface area contributed by atoms with Gasteiger partial charge in [-0.15, -0.1) is 0 Å². The Kier molecular flexibility index (Phi) is 7.32. The van der Waals surface area contributed by atoms with Gasteiger partial charge in [-0.25, -0.2) is 0 Å². The van der Waals surface area contributed by atoms with Crippen LogP contribution in [0.2, 0.25) is 0 Å². The SMILES string of the molecule is CCC1CCC(C(=O)C2CCC=C(C3=CNCC(C#N)=C3Nc3ccc4[nH]ccc4c3C)CC2)CC1. The van der Waals surface area contributed by atoms with Crippen molar-refractivity contribution in [3.05, 3.63) is 64.7 Å². The van der Waals surface area contributed by atoms with E-state index in [0.717, 1.165) is 72.5 Å². The molecule has 5 nitrogen and oxygen atoms in total. The molecule has 5 rings (SSSR count). The van der Waals surface area contributed by atoms with Crippen molar-refractivity contribution >= 4 is 22.4 Å². The van der Waals surface area contributed by atoms with Crippen molar-refractivity contribution in [2.24, 2.45) is 17.8 Å². The fourth-order valence-corrected chi connectivity index (χ4v) is 6.38. The molecule has 0 spiro atoms. The fraction of sp³-hybridized carbons (Fsp3) is 0.484. The quantitative estimate of drug-likeness (QED) is 0.412. The lowest BCUT2D eigenvalue weighted by Crippen LogP contribution is -2.27. The van der Waals surface area contributed by atoms with Crippen molar-refractivity contribution in [2.75, 3.05) is 11.9 Å². The Hall–Kier alpha value is -3.26. The summed E-state index contributed by atoms with van der Waals surface area (Å²) in [5, 5.41) is 18.0. The molecule has 1 saturated carbocycles. The van der Waals surface area contributed by atoms with Gasteiger partial charge >= 0.3 is 0 Å². The highest BCUT2D eigenvalue weighted by atomic mass is 16.1. The van der Waals surface area contributed by atoms with Gasteiger partial charge in [0.1, 0.15) is 5.78 Å². The average Bonchev–Trinajstić information content (AvgIpc) is 3.27. The van der Waals surface area contributed by atoms with E-state index in [0.29, 0.717) is 17.9 Å². The number of benzene rings is 1. The number of aryl methyl sites for hydroxylation is 1. The molecule has 188 valence electrons. The maximum atomic E-state index is 13.4. The molecule has 36 heavy (non-hydrogen) atoms. The number of carbonyl (C=O) groups is 1. The lowest BCUT2D eigenvalue weighted by Gasteiger charge is -2.29. The highest BCUT2D eigenvalue weighted by Gasteiger charge is 2.31. The molecule has 1 aliphatic heterocycles. The number of fused-ring (bicyclic) bond motifs is 1. The molecule has 1 fully saturated rings.